The number of methoxy groups -OCH3 is 1. The molecule has 8 heteroatoms. The second-order valence-corrected chi connectivity index (χ2v) is 5.14. The highest BCUT2D eigenvalue weighted by atomic mass is 32.1. The van der Waals surface area contributed by atoms with E-state index in [1.54, 1.807) is 14.0 Å². The highest BCUT2D eigenvalue weighted by Crippen LogP contribution is 2.08. The van der Waals surface area contributed by atoms with Gasteiger partial charge in [0.15, 0.2) is 0 Å². The average Bonchev–Trinajstić information content (AvgIpc) is 2.87. The van der Waals surface area contributed by atoms with E-state index in [0.717, 1.165) is 11.7 Å². The van der Waals surface area contributed by atoms with Crippen LogP contribution in [-0.4, -0.2) is 64.1 Å². The lowest BCUT2D eigenvalue weighted by Crippen LogP contribution is -2.42. The molecule has 0 spiro atoms. The highest BCUT2D eigenvalue weighted by molar-refractivity contribution is 6.99. The second kappa shape index (κ2) is 8.39. The average molecular weight is 291 g/mol. The first kappa shape index (κ1) is 16.3. The normalized spacial score (nSPS) is 16.0. The molecule has 0 aliphatic carbocycles. The van der Waals surface area contributed by atoms with Crippen molar-refractivity contribution in [1.82, 2.24) is 14.1 Å². The van der Waals surface area contributed by atoms with Crippen molar-refractivity contribution < 1.29 is 19.7 Å². The number of hydrogen-bond acceptors (Lipinski definition) is 8. The molecule has 7 nitrogen and oxygen atoms in total. The van der Waals surface area contributed by atoms with Gasteiger partial charge in [0.2, 0.25) is 5.88 Å². The van der Waals surface area contributed by atoms with Crippen LogP contribution < -0.4 is 10.1 Å². The minimum Gasteiger partial charge on any atom is -0.473 e. The Hall–Kier alpha value is -0.800. The zero-order valence-corrected chi connectivity index (χ0v) is 12.0. The summed E-state index contributed by atoms with van der Waals surface area (Å²) in [7, 11) is 1.60. The smallest absolute Gasteiger partial charge is 0.245 e. The van der Waals surface area contributed by atoms with Gasteiger partial charge in [0.05, 0.1) is 17.3 Å². The van der Waals surface area contributed by atoms with Crippen LogP contribution in [0.4, 0.5) is 0 Å². The molecule has 0 aliphatic heterocycles. The van der Waals surface area contributed by atoms with Gasteiger partial charge in [-0.25, -0.2) is 0 Å². The summed E-state index contributed by atoms with van der Waals surface area (Å²) in [5, 5.41) is 22.6. The maximum Gasteiger partial charge on any atom is 0.245 e. The van der Waals surface area contributed by atoms with Gasteiger partial charge >= 0.3 is 0 Å². The molecule has 0 bridgehead atoms. The van der Waals surface area contributed by atoms with Crippen LogP contribution in [0.2, 0.25) is 0 Å². The SMILES string of the molecule is COCCC(C)(O)CNCC(O)COc1cnsn1. The first-order valence-electron chi connectivity index (χ1n) is 6.04. The Morgan fingerprint density at radius 3 is 3.00 bits per heavy atom. The Morgan fingerprint density at radius 1 is 1.58 bits per heavy atom. The quantitative estimate of drug-likeness (QED) is 0.542. The maximum absolute atomic E-state index is 9.97. The molecule has 110 valence electrons. The summed E-state index contributed by atoms with van der Waals surface area (Å²) in [6.45, 7) is 3.07. The molecule has 0 saturated carbocycles. The number of ether oxygens (including phenoxy) is 2. The molecule has 0 aliphatic rings. The van der Waals surface area contributed by atoms with E-state index in [2.05, 4.69) is 14.1 Å². The van der Waals surface area contributed by atoms with Crippen molar-refractivity contribution >= 4 is 11.7 Å². The summed E-state index contributed by atoms with van der Waals surface area (Å²) in [5.41, 5.74) is -0.852. The van der Waals surface area contributed by atoms with E-state index < -0.39 is 11.7 Å². The molecule has 0 aromatic carbocycles. The maximum atomic E-state index is 9.97. The number of rotatable bonds is 10. The molecule has 3 N–H and O–H groups in total. The zero-order chi connectivity index (χ0) is 14.1. The molecule has 1 rings (SSSR count). The van der Waals surface area contributed by atoms with Gasteiger partial charge in [-0.2, -0.15) is 4.37 Å². The summed E-state index contributed by atoms with van der Waals surface area (Å²) < 4.78 is 17.8. The van der Waals surface area contributed by atoms with Crippen LogP contribution in [0.25, 0.3) is 0 Å². The van der Waals surface area contributed by atoms with Crippen molar-refractivity contribution in [2.24, 2.45) is 0 Å². The molecule has 19 heavy (non-hydrogen) atoms. The Balaban J connectivity index is 2.10. The van der Waals surface area contributed by atoms with Crippen LogP contribution in [0.15, 0.2) is 6.20 Å². The molecule has 2 atom stereocenters. The minimum absolute atomic E-state index is 0.138. The standard InChI is InChI=1S/C11H21N3O4S/c1-11(16,3-4-17-2)8-12-5-9(15)7-18-10-6-13-19-14-10/h6,9,12,15-16H,3-5,7-8H2,1-2H3. The van der Waals surface area contributed by atoms with E-state index in [1.165, 1.54) is 6.20 Å². The topological polar surface area (TPSA) is 96.7 Å². The van der Waals surface area contributed by atoms with Gasteiger partial charge in [0.25, 0.3) is 0 Å². The number of aliphatic hydroxyl groups is 2. The lowest BCUT2D eigenvalue weighted by Gasteiger charge is -2.24. The van der Waals surface area contributed by atoms with Crippen molar-refractivity contribution in [3.63, 3.8) is 0 Å². The van der Waals surface area contributed by atoms with Crippen molar-refractivity contribution in [2.45, 2.75) is 25.0 Å². The van der Waals surface area contributed by atoms with Gasteiger partial charge in [-0.1, -0.05) is 0 Å². The Kier molecular flexibility index (Phi) is 7.17. The molecule has 0 fully saturated rings. The fourth-order valence-electron chi connectivity index (χ4n) is 1.38. The predicted octanol–water partition coefficient (Wildman–Crippen LogP) is -0.345. The molecular formula is C11H21N3O4S. The van der Waals surface area contributed by atoms with Gasteiger partial charge in [0.1, 0.15) is 18.9 Å². The molecule has 0 amide bonds. The summed E-state index contributed by atoms with van der Waals surface area (Å²) in [5.74, 6) is 0.413. The summed E-state index contributed by atoms with van der Waals surface area (Å²) in [4.78, 5) is 0. The van der Waals surface area contributed by atoms with Crippen molar-refractivity contribution in [3.8, 4) is 5.88 Å². The number of nitrogens with zero attached hydrogens (tertiary/aromatic N) is 2. The number of aliphatic hydroxyl groups excluding tert-OH is 1. The summed E-state index contributed by atoms with van der Waals surface area (Å²) in [6.07, 6.45) is 1.37. The van der Waals surface area contributed by atoms with Crippen LogP contribution in [-0.2, 0) is 4.74 Å². The van der Waals surface area contributed by atoms with Gasteiger partial charge in [-0.05, 0) is 6.92 Å². The van der Waals surface area contributed by atoms with Crippen molar-refractivity contribution in [3.05, 3.63) is 6.20 Å². The summed E-state index contributed by atoms with van der Waals surface area (Å²) >= 11 is 1.05. The number of aromatic nitrogens is 2. The largest absolute Gasteiger partial charge is 0.473 e. The van der Waals surface area contributed by atoms with Crippen LogP contribution in [0, 0.1) is 0 Å². The Bertz CT molecular complexity index is 335. The van der Waals surface area contributed by atoms with E-state index >= 15 is 0 Å². The molecule has 0 saturated heterocycles. The van der Waals surface area contributed by atoms with E-state index in [9.17, 15) is 10.2 Å². The number of nitrogens with one attached hydrogen (secondary N) is 1. The first-order chi connectivity index (χ1) is 9.03. The monoisotopic (exact) mass is 291 g/mol. The molecule has 1 aromatic heterocycles. The lowest BCUT2D eigenvalue weighted by molar-refractivity contribution is 0.0207. The third-order valence-corrected chi connectivity index (χ3v) is 2.96. The summed E-state index contributed by atoms with van der Waals surface area (Å²) in [6, 6.07) is 0. The van der Waals surface area contributed by atoms with Crippen LogP contribution >= 0.6 is 11.7 Å². The zero-order valence-electron chi connectivity index (χ0n) is 11.2. The van der Waals surface area contributed by atoms with Crippen LogP contribution in [0.1, 0.15) is 13.3 Å². The fourth-order valence-corrected chi connectivity index (χ4v) is 1.74. The molecule has 2 unspecified atom stereocenters. The fraction of sp³-hybridized carbons (Fsp3) is 0.818. The Morgan fingerprint density at radius 2 is 2.37 bits per heavy atom. The van der Waals surface area contributed by atoms with Gasteiger partial charge in [-0.3, -0.25) is 0 Å². The van der Waals surface area contributed by atoms with E-state index in [-0.39, 0.29) is 6.61 Å². The van der Waals surface area contributed by atoms with Gasteiger partial charge in [0, 0.05) is 33.2 Å². The second-order valence-electron chi connectivity index (χ2n) is 4.58. The van der Waals surface area contributed by atoms with Crippen LogP contribution in [0.5, 0.6) is 5.88 Å². The van der Waals surface area contributed by atoms with Crippen LogP contribution in [0.3, 0.4) is 0 Å². The third kappa shape index (κ3) is 7.38. The van der Waals surface area contributed by atoms with E-state index in [1.807, 2.05) is 0 Å². The number of hydrogen-bond donors (Lipinski definition) is 3. The van der Waals surface area contributed by atoms with Crippen molar-refractivity contribution in [2.75, 3.05) is 33.4 Å². The highest BCUT2D eigenvalue weighted by Gasteiger charge is 2.19. The first-order valence-corrected chi connectivity index (χ1v) is 6.77. The minimum atomic E-state index is -0.852. The molecule has 0 radical (unpaired) electrons. The van der Waals surface area contributed by atoms with Crippen molar-refractivity contribution in [1.29, 1.82) is 0 Å². The van der Waals surface area contributed by atoms with Gasteiger partial charge < -0.3 is 25.0 Å². The molecule has 1 heterocycles. The predicted molar refractivity (Wildman–Crippen MR) is 71.4 cm³/mol. The third-order valence-electron chi connectivity index (χ3n) is 2.50. The lowest BCUT2D eigenvalue weighted by atomic mass is 10.0. The molecule has 1 aromatic rings. The van der Waals surface area contributed by atoms with E-state index in [0.29, 0.717) is 32.0 Å². The van der Waals surface area contributed by atoms with Gasteiger partial charge in [-0.15, -0.1) is 4.37 Å². The molecular weight excluding hydrogens is 270 g/mol. The van der Waals surface area contributed by atoms with E-state index in [4.69, 9.17) is 9.47 Å². The Labute approximate surface area is 116 Å².